The van der Waals surface area contributed by atoms with Crippen LogP contribution < -0.4 is 10.1 Å². The van der Waals surface area contributed by atoms with Crippen LogP contribution in [-0.2, 0) is 11.3 Å². The number of ether oxygens (including phenoxy) is 1. The molecule has 1 amide bonds. The highest BCUT2D eigenvalue weighted by atomic mass is 32.1. The summed E-state index contributed by atoms with van der Waals surface area (Å²) >= 11 is 1.40. The quantitative estimate of drug-likeness (QED) is 0.745. The zero-order valence-corrected chi connectivity index (χ0v) is 14.3. The molecule has 2 aromatic heterocycles. The molecule has 0 fully saturated rings. The predicted molar refractivity (Wildman–Crippen MR) is 94.2 cm³/mol. The highest BCUT2D eigenvalue weighted by Crippen LogP contribution is 2.26. The largest absolute Gasteiger partial charge is 0.491 e. The first-order chi connectivity index (χ1) is 11.6. The lowest BCUT2D eigenvalue weighted by Gasteiger charge is -2.09. The Balaban J connectivity index is 1.63. The van der Waals surface area contributed by atoms with Gasteiger partial charge in [-0.3, -0.25) is 4.79 Å². The molecule has 0 saturated heterocycles. The molecule has 0 spiro atoms. The Labute approximate surface area is 144 Å². The van der Waals surface area contributed by atoms with Gasteiger partial charge in [0.1, 0.15) is 12.3 Å². The lowest BCUT2D eigenvalue weighted by Crippen LogP contribution is -2.17. The molecule has 7 heteroatoms. The Morgan fingerprint density at radius 2 is 2.12 bits per heavy atom. The number of nitrogens with one attached hydrogen (secondary N) is 1. The summed E-state index contributed by atoms with van der Waals surface area (Å²) in [6.45, 7) is 4.20. The van der Waals surface area contributed by atoms with E-state index in [0.29, 0.717) is 5.13 Å². The summed E-state index contributed by atoms with van der Waals surface area (Å²) in [6.07, 6.45) is 5.13. The first kappa shape index (κ1) is 16.2. The van der Waals surface area contributed by atoms with Crippen molar-refractivity contribution in [1.82, 2.24) is 14.5 Å². The number of anilines is 1. The highest BCUT2D eigenvalue weighted by Gasteiger charge is 2.09. The van der Waals surface area contributed by atoms with Crippen molar-refractivity contribution < 1.29 is 9.53 Å². The number of carbonyl (C=O) groups is 1. The van der Waals surface area contributed by atoms with E-state index in [4.69, 9.17) is 4.74 Å². The maximum atomic E-state index is 12.0. The number of carbonyl (C=O) groups excluding carboxylic acids is 1. The second-order valence-electron chi connectivity index (χ2n) is 5.51. The van der Waals surface area contributed by atoms with Gasteiger partial charge in [0.15, 0.2) is 5.13 Å². The van der Waals surface area contributed by atoms with Crippen molar-refractivity contribution in [3.8, 4) is 17.0 Å². The van der Waals surface area contributed by atoms with Crippen molar-refractivity contribution in [2.24, 2.45) is 0 Å². The van der Waals surface area contributed by atoms with E-state index in [-0.39, 0.29) is 18.6 Å². The van der Waals surface area contributed by atoms with Gasteiger partial charge in [-0.1, -0.05) is 0 Å². The zero-order chi connectivity index (χ0) is 16.9. The van der Waals surface area contributed by atoms with E-state index in [1.54, 1.807) is 23.3 Å². The van der Waals surface area contributed by atoms with E-state index in [9.17, 15) is 4.79 Å². The van der Waals surface area contributed by atoms with E-state index in [0.717, 1.165) is 17.0 Å². The topological polar surface area (TPSA) is 69.0 Å². The number of hydrogen-bond donors (Lipinski definition) is 1. The SMILES string of the molecule is CC(C)Oc1ccc(-c2csc(NC(=O)Cn3ccnc3)n2)cc1. The molecular formula is C17H18N4O2S. The average molecular weight is 342 g/mol. The van der Waals surface area contributed by atoms with Crippen molar-refractivity contribution >= 4 is 22.4 Å². The molecule has 3 rings (SSSR count). The van der Waals surface area contributed by atoms with Gasteiger partial charge >= 0.3 is 0 Å². The van der Waals surface area contributed by atoms with Crippen LogP contribution in [0.25, 0.3) is 11.3 Å². The normalized spacial score (nSPS) is 10.8. The van der Waals surface area contributed by atoms with Crippen molar-refractivity contribution in [2.45, 2.75) is 26.5 Å². The number of thiazole rings is 1. The third-order valence-electron chi connectivity index (χ3n) is 3.16. The summed E-state index contributed by atoms with van der Waals surface area (Å²) in [5.74, 6) is 0.701. The molecule has 124 valence electrons. The molecule has 0 radical (unpaired) electrons. The van der Waals surface area contributed by atoms with E-state index < -0.39 is 0 Å². The van der Waals surface area contributed by atoms with Crippen LogP contribution in [0.3, 0.4) is 0 Å². The first-order valence-electron chi connectivity index (χ1n) is 7.58. The maximum Gasteiger partial charge on any atom is 0.246 e. The maximum absolute atomic E-state index is 12.0. The van der Waals surface area contributed by atoms with Crippen molar-refractivity contribution in [1.29, 1.82) is 0 Å². The molecule has 1 aromatic carbocycles. The summed E-state index contributed by atoms with van der Waals surface area (Å²) < 4.78 is 7.34. The van der Waals surface area contributed by atoms with E-state index >= 15 is 0 Å². The molecular weight excluding hydrogens is 324 g/mol. The summed E-state index contributed by atoms with van der Waals surface area (Å²) in [7, 11) is 0. The highest BCUT2D eigenvalue weighted by molar-refractivity contribution is 7.14. The molecule has 0 aliphatic carbocycles. The van der Waals surface area contributed by atoms with Crippen LogP contribution in [0.2, 0.25) is 0 Å². The van der Waals surface area contributed by atoms with E-state index in [1.807, 2.05) is 43.5 Å². The molecule has 3 aromatic rings. The molecule has 0 atom stereocenters. The Hall–Kier alpha value is -2.67. The monoisotopic (exact) mass is 342 g/mol. The number of benzene rings is 1. The summed E-state index contributed by atoms with van der Waals surface area (Å²) in [5, 5.41) is 5.31. The van der Waals surface area contributed by atoms with Gasteiger partial charge in [-0.05, 0) is 38.1 Å². The van der Waals surface area contributed by atoms with Gasteiger partial charge in [-0.2, -0.15) is 0 Å². The fourth-order valence-electron chi connectivity index (χ4n) is 2.15. The molecule has 1 N–H and O–H groups in total. The molecule has 6 nitrogen and oxygen atoms in total. The van der Waals surface area contributed by atoms with Crippen LogP contribution in [0.5, 0.6) is 5.75 Å². The molecule has 0 aliphatic heterocycles. The minimum absolute atomic E-state index is 0.130. The third kappa shape index (κ3) is 4.20. The second-order valence-corrected chi connectivity index (χ2v) is 6.37. The van der Waals surface area contributed by atoms with Gasteiger partial charge in [0.05, 0.1) is 18.1 Å². The van der Waals surface area contributed by atoms with Gasteiger partial charge in [-0.15, -0.1) is 11.3 Å². The zero-order valence-electron chi connectivity index (χ0n) is 13.5. The van der Waals surface area contributed by atoms with Crippen molar-refractivity contribution in [3.63, 3.8) is 0 Å². The van der Waals surface area contributed by atoms with Crippen LogP contribution in [0, 0.1) is 0 Å². The number of imidazole rings is 1. The van der Waals surface area contributed by atoms with Crippen LogP contribution in [0.15, 0.2) is 48.4 Å². The molecule has 2 heterocycles. The molecule has 0 saturated carbocycles. The molecule has 0 unspecified atom stereocenters. The van der Waals surface area contributed by atoms with Crippen LogP contribution in [-0.4, -0.2) is 26.5 Å². The van der Waals surface area contributed by atoms with E-state index in [2.05, 4.69) is 15.3 Å². The molecule has 24 heavy (non-hydrogen) atoms. The fourth-order valence-corrected chi connectivity index (χ4v) is 2.88. The minimum Gasteiger partial charge on any atom is -0.491 e. The Morgan fingerprint density at radius 1 is 1.33 bits per heavy atom. The van der Waals surface area contributed by atoms with Crippen molar-refractivity contribution in [2.75, 3.05) is 5.32 Å². The minimum atomic E-state index is -0.130. The van der Waals surface area contributed by atoms with Crippen LogP contribution in [0.1, 0.15) is 13.8 Å². The van der Waals surface area contributed by atoms with Gasteiger partial charge in [0, 0.05) is 23.3 Å². The van der Waals surface area contributed by atoms with Crippen LogP contribution in [0.4, 0.5) is 5.13 Å². The van der Waals surface area contributed by atoms with Gasteiger partial charge < -0.3 is 14.6 Å². The number of nitrogens with zero attached hydrogens (tertiary/aromatic N) is 3. The van der Waals surface area contributed by atoms with Gasteiger partial charge in [0.2, 0.25) is 5.91 Å². The number of rotatable bonds is 6. The summed E-state index contributed by atoms with van der Waals surface area (Å²) in [5.41, 5.74) is 1.81. The summed E-state index contributed by atoms with van der Waals surface area (Å²) in [4.78, 5) is 20.3. The smallest absolute Gasteiger partial charge is 0.246 e. The average Bonchev–Trinajstić information content (AvgIpc) is 3.19. The lowest BCUT2D eigenvalue weighted by atomic mass is 10.2. The Bertz CT molecular complexity index is 794. The van der Waals surface area contributed by atoms with Crippen LogP contribution >= 0.6 is 11.3 Å². The predicted octanol–water partition coefficient (Wildman–Crippen LogP) is 3.43. The number of hydrogen-bond acceptors (Lipinski definition) is 5. The second kappa shape index (κ2) is 7.27. The first-order valence-corrected chi connectivity index (χ1v) is 8.46. The fraction of sp³-hybridized carbons (Fsp3) is 0.235. The van der Waals surface area contributed by atoms with Gasteiger partial charge in [0.25, 0.3) is 0 Å². The number of amides is 1. The lowest BCUT2D eigenvalue weighted by molar-refractivity contribution is -0.116. The van der Waals surface area contributed by atoms with Crippen molar-refractivity contribution in [3.05, 3.63) is 48.4 Å². The number of aromatic nitrogens is 3. The third-order valence-corrected chi connectivity index (χ3v) is 3.92. The molecule has 0 bridgehead atoms. The Morgan fingerprint density at radius 3 is 2.79 bits per heavy atom. The summed E-state index contributed by atoms with van der Waals surface area (Å²) in [6, 6.07) is 7.77. The van der Waals surface area contributed by atoms with Gasteiger partial charge in [-0.25, -0.2) is 9.97 Å². The van der Waals surface area contributed by atoms with E-state index in [1.165, 1.54) is 11.3 Å². The Kier molecular flexibility index (Phi) is 4.90. The molecule has 0 aliphatic rings. The standard InChI is InChI=1S/C17H18N4O2S/c1-12(2)23-14-5-3-13(4-6-14)15-10-24-17(19-15)20-16(22)9-21-8-7-18-11-21/h3-8,10-12H,9H2,1-2H3,(H,19,20,22).